The van der Waals surface area contributed by atoms with E-state index >= 15 is 0 Å². The monoisotopic (exact) mass is 365 g/mol. The van der Waals surface area contributed by atoms with E-state index in [4.69, 9.17) is 14.2 Å². The Bertz CT molecular complexity index is 1000. The van der Waals surface area contributed by atoms with Crippen LogP contribution in [-0.4, -0.2) is 37.4 Å². The lowest BCUT2D eigenvalue weighted by molar-refractivity contribution is 0.0699. The molecule has 0 atom stereocenters. The summed E-state index contributed by atoms with van der Waals surface area (Å²) in [5.41, 5.74) is 2.18. The number of para-hydroxylation sites is 1. The minimum atomic E-state index is -0.990. The van der Waals surface area contributed by atoms with Crippen molar-refractivity contribution in [3.05, 3.63) is 59.3 Å². The van der Waals surface area contributed by atoms with Gasteiger partial charge in [0.05, 0.1) is 38.1 Å². The van der Waals surface area contributed by atoms with Crippen LogP contribution in [0.15, 0.2) is 42.5 Å². The summed E-state index contributed by atoms with van der Waals surface area (Å²) in [7, 11) is 4.64. The van der Waals surface area contributed by atoms with Crippen molar-refractivity contribution in [3.8, 4) is 17.2 Å². The fourth-order valence-corrected chi connectivity index (χ4v) is 2.84. The number of carboxylic acids is 1. The Labute approximate surface area is 156 Å². The van der Waals surface area contributed by atoms with Crippen LogP contribution in [0.3, 0.4) is 0 Å². The van der Waals surface area contributed by atoms with Crippen LogP contribution in [0, 0.1) is 0 Å². The number of aromatic nitrogens is 1. The van der Waals surface area contributed by atoms with Crippen molar-refractivity contribution < 1.29 is 24.1 Å². The number of fused-ring (bicyclic) bond motifs is 1. The molecule has 3 aromatic rings. The van der Waals surface area contributed by atoms with Gasteiger partial charge in [-0.3, -0.25) is 0 Å². The number of benzene rings is 2. The van der Waals surface area contributed by atoms with Crippen molar-refractivity contribution >= 4 is 29.0 Å². The van der Waals surface area contributed by atoms with Crippen LogP contribution in [0.4, 0.5) is 0 Å². The standard InChI is InChI=1S/C21H19NO5/c1-25-18-10-13(11-19(26-2)20(18)27-3)8-9-14-12-16(21(23)24)15-6-4-5-7-17(15)22-14/h4-12H,1-3H3,(H,23,24)/b9-8+. The minimum Gasteiger partial charge on any atom is -0.493 e. The fraction of sp³-hybridized carbons (Fsp3) is 0.143. The Morgan fingerprint density at radius 3 is 2.22 bits per heavy atom. The van der Waals surface area contributed by atoms with Crippen LogP contribution in [0.25, 0.3) is 23.1 Å². The lowest BCUT2D eigenvalue weighted by atomic mass is 10.1. The van der Waals surface area contributed by atoms with Crippen LogP contribution >= 0.6 is 0 Å². The summed E-state index contributed by atoms with van der Waals surface area (Å²) in [5, 5.41) is 10.1. The highest BCUT2D eigenvalue weighted by Gasteiger charge is 2.13. The second kappa shape index (κ2) is 7.78. The third kappa shape index (κ3) is 3.69. The maximum Gasteiger partial charge on any atom is 0.336 e. The lowest BCUT2D eigenvalue weighted by Gasteiger charge is -2.12. The van der Waals surface area contributed by atoms with E-state index in [1.807, 2.05) is 12.1 Å². The second-order valence-electron chi connectivity index (χ2n) is 5.71. The number of carboxylic acid groups (broad SMARTS) is 1. The van der Waals surface area contributed by atoms with E-state index < -0.39 is 5.97 Å². The van der Waals surface area contributed by atoms with E-state index in [2.05, 4.69) is 4.98 Å². The zero-order valence-electron chi connectivity index (χ0n) is 15.2. The molecule has 0 fully saturated rings. The van der Waals surface area contributed by atoms with E-state index in [9.17, 15) is 9.90 Å². The average molecular weight is 365 g/mol. The molecule has 0 aliphatic heterocycles. The molecule has 0 spiro atoms. The Morgan fingerprint density at radius 2 is 1.63 bits per heavy atom. The third-order valence-electron chi connectivity index (χ3n) is 4.10. The number of hydrogen-bond acceptors (Lipinski definition) is 5. The number of carbonyl (C=O) groups is 1. The summed E-state index contributed by atoms with van der Waals surface area (Å²) in [6.45, 7) is 0. The molecule has 0 saturated heterocycles. The molecular weight excluding hydrogens is 346 g/mol. The highest BCUT2D eigenvalue weighted by Crippen LogP contribution is 2.38. The predicted octanol–water partition coefficient (Wildman–Crippen LogP) is 4.13. The molecule has 0 amide bonds. The fourth-order valence-electron chi connectivity index (χ4n) is 2.84. The third-order valence-corrected chi connectivity index (χ3v) is 4.10. The summed E-state index contributed by atoms with van der Waals surface area (Å²) >= 11 is 0. The first-order valence-electron chi connectivity index (χ1n) is 8.18. The second-order valence-corrected chi connectivity index (χ2v) is 5.71. The summed E-state index contributed by atoms with van der Waals surface area (Å²) in [5.74, 6) is 0.591. The first-order chi connectivity index (χ1) is 13.1. The normalized spacial score (nSPS) is 10.9. The Morgan fingerprint density at radius 1 is 0.963 bits per heavy atom. The molecule has 0 radical (unpaired) electrons. The van der Waals surface area contributed by atoms with E-state index in [0.29, 0.717) is 33.8 Å². The van der Waals surface area contributed by atoms with Gasteiger partial charge in [-0.15, -0.1) is 0 Å². The van der Waals surface area contributed by atoms with Crippen molar-refractivity contribution in [2.24, 2.45) is 0 Å². The van der Waals surface area contributed by atoms with Crippen molar-refractivity contribution in [3.63, 3.8) is 0 Å². The molecule has 2 aromatic carbocycles. The minimum absolute atomic E-state index is 0.213. The number of aromatic carboxylic acids is 1. The SMILES string of the molecule is COc1cc(/C=C/c2cc(C(=O)O)c3ccccc3n2)cc(OC)c1OC. The highest BCUT2D eigenvalue weighted by atomic mass is 16.5. The Kier molecular flexibility index (Phi) is 5.26. The molecule has 27 heavy (non-hydrogen) atoms. The van der Waals surface area contributed by atoms with E-state index in [1.54, 1.807) is 63.8 Å². The van der Waals surface area contributed by atoms with Gasteiger partial charge in [0.2, 0.25) is 5.75 Å². The molecule has 6 heteroatoms. The maximum absolute atomic E-state index is 11.6. The van der Waals surface area contributed by atoms with Crippen LogP contribution < -0.4 is 14.2 Å². The summed E-state index contributed by atoms with van der Waals surface area (Å²) in [6, 6.07) is 12.3. The van der Waals surface area contributed by atoms with Crippen molar-refractivity contribution in [2.45, 2.75) is 0 Å². The van der Waals surface area contributed by atoms with Crippen LogP contribution in [0.1, 0.15) is 21.6 Å². The number of ether oxygens (including phenoxy) is 3. The van der Waals surface area contributed by atoms with Gasteiger partial charge in [-0.25, -0.2) is 9.78 Å². The first kappa shape index (κ1) is 18.3. The largest absolute Gasteiger partial charge is 0.493 e. The first-order valence-corrected chi connectivity index (χ1v) is 8.18. The topological polar surface area (TPSA) is 77.9 Å². The van der Waals surface area contributed by atoms with E-state index in [-0.39, 0.29) is 5.56 Å². The van der Waals surface area contributed by atoms with Gasteiger partial charge in [-0.1, -0.05) is 24.3 Å². The van der Waals surface area contributed by atoms with Gasteiger partial charge >= 0.3 is 5.97 Å². The van der Waals surface area contributed by atoms with Gasteiger partial charge in [0.1, 0.15) is 0 Å². The maximum atomic E-state index is 11.6. The van der Waals surface area contributed by atoms with Gasteiger partial charge in [-0.2, -0.15) is 0 Å². The quantitative estimate of drug-likeness (QED) is 0.708. The van der Waals surface area contributed by atoms with Gasteiger partial charge < -0.3 is 19.3 Å². The molecule has 138 valence electrons. The van der Waals surface area contributed by atoms with Gasteiger partial charge in [0.25, 0.3) is 0 Å². The molecule has 0 aliphatic carbocycles. The van der Waals surface area contributed by atoms with Crippen LogP contribution in [0.2, 0.25) is 0 Å². The number of hydrogen-bond donors (Lipinski definition) is 1. The number of pyridine rings is 1. The molecule has 1 N–H and O–H groups in total. The molecule has 0 aliphatic rings. The van der Waals surface area contributed by atoms with Crippen LogP contribution in [-0.2, 0) is 0 Å². The average Bonchev–Trinajstić information content (AvgIpc) is 2.70. The zero-order valence-corrected chi connectivity index (χ0v) is 15.2. The van der Waals surface area contributed by atoms with Crippen LogP contribution in [0.5, 0.6) is 17.2 Å². The number of nitrogens with zero attached hydrogens (tertiary/aromatic N) is 1. The van der Waals surface area contributed by atoms with Crippen molar-refractivity contribution in [1.82, 2.24) is 4.98 Å². The molecule has 0 saturated carbocycles. The zero-order chi connectivity index (χ0) is 19.4. The van der Waals surface area contributed by atoms with Gasteiger partial charge in [0, 0.05) is 5.39 Å². The Hall–Kier alpha value is -3.54. The summed E-state index contributed by atoms with van der Waals surface area (Å²) in [6.07, 6.45) is 3.56. The molecule has 1 heterocycles. The molecular formula is C21H19NO5. The smallest absolute Gasteiger partial charge is 0.336 e. The molecule has 6 nitrogen and oxygen atoms in total. The molecule has 1 aromatic heterocycles. The van der Waals surface area contributed by atoms with Gasteiger partial charge in [-0.05, 0) is 35.9 Å². The Balaban J connectivity index is 2.05. The highest BCUT2D eigenvalue weighted by molar-refractivity contribution is 6.03. The lowest BCUT2D eigenvalue weighted by Crippen LogP contribution is -2.00. The van der Waals surface area contributed by atoms with E-state index in [1.165, 1.54) is 0 Å². The predicted molar refractivity (Wildman–Crippen MR) is 104 cm³/mol. The molecule has 0 bridgehead atoms. The summed E-state index contributed by atoms with van der Waals surface area (Å²) < 4.78 is 16.0. The van der Waals surface area contributed by atoms with E-state index in [0.717, 1.165) is 5.56 Å². The molecule has 3 rings (SSSR count). The van der Waals surface area contributed by atoms with Crippen molar-refractivity contribution in [2.75, 3.05) is 21.3 Å². The van der Waals surface area contributed by atoms with Gasteiger partial charge in [0.15, 0.2) is 11.5 Å². The number of rotatable bonds is 6. The molecule has 0 unspecified atom stereocenters. The van der Waals surface area contributed by atoms with Crippen molar-refractivity contribution in [1.29, 1.82) is 0 Å². The number of methoxy groups -OCH3 is 3. The summed E-state index contributed by atoms with van der Waals surface area (Å²) in [4.78, 5) is 16.1.